The molecule has 1 aliphatic rings. The molecule has 2 nitrogen and oxygen atoms in total. The van der Waals surface area contributed by atoms with Crippen LogP contribution in [0.25, 0.3) is 0 Å². The minimum absolute atomic E-state index is 0. The Morgan fingerprint density at radius 1 is 1.23 bits per heavy atom. The van der Waals surface area contributed by atoms with Crippen molar-refractivity contribution in [2.24, 2.45) is 5.73 Å². The van der Waals surface area contributed by atoms with Gasteiger partial charge in [-0.1, -0.05) is 0 Å². The van der Waals surface area contributed by atoms with Crippen molar-refractivity contribution in [3.05, 3.63) is 0 Å². The number of halogens is 3. The fourth-order valence-corrected chi connectivity index (χ4v) is 1.46. The van der Waals surface area contributed by atoms with Gasteiger partial charge in [0.25, 0.3) is 0 Å². The van der Waals surface area contributed by atoms with Crippen LogP contribution in [-0.2, 0) is 0 Å². The van der Waals surface area contributed by atoms with E-state index in [4.69, 9.17) is 5.73 Å². The first-order valence-electron chi connectivity index (χ1n) is 4.37. The van der Waals surface area contributed by atoms with E-state index in [1.807, 2.05) is 0 Å². The number of nitrogens with two attached hydrogens (primary N) is 1. The fraction of sp³-hybridized carbons (Fsp3) is 1.00. The van der Waals surface area contributed by atoms with Crippen LogP contribution in [0.4, 0.5) is 4.39 Å². The van der Waals surface area contributed by atoms with Gasteiger partial charge in [-0.3, -0.25) is 4.39 Å². The molecule has 0 atom stereocenters. The predicted molar refractivity (Wildman–Crippen MR) is 58.7 cm³/mol. The highest BCUT2D eigenvalue weighted by molar-refractivity contribution is 5.85. The van der Waals surface area contributed by atoms with Gasteiger partial charge < -0.3 is 10.6 Å². The topological polar surface area (TPSA) is 29.3 Å². The number of nitrogens with zero attached hydrogens (tertiary/aromatic N) is 1. The van der Waals surface area contributed by atoms with Gasteiger partial charge in [-0.05, 0) is 32.4 Å². The lowest BCUT2D eigenvalue weighted by Crippen LogP contribution is -2.40. The van der Waals surface area contributed by atoms with Gasteiger partial charge in [0.15, 0.2) is 0 Å². The summed E-state index contributed by atoms with van der Waals surface area (Å²) in [6.07, 6.45) is 2.83. The summed E-state index contributed by atoms with van der Waals surface area (Å²) in [5.74, 6) is 0. The van der Waals surface area contributed by atoms with Gasteiger partial charge >= 0.3 is 0 Å². The Labute approximate surface area is 91.9 Å². The molecule has 1 saturated heterocycles. The molecule has 1 rings (SSSR count). The summed E-state index contributed by atoms with van der Waals surface area (Å²) in [6, 6.07) is 0.386. The number of hydrogen-bond acceptors (Lipinski definition) is 2. The lowest BCUT2D eigenvalue weighted by molar-refractivity contribution is 0.205. The third-order valence-electron chi connectivity index (χ3n) is 2.24. The highest BCUT2D eigenvalue weighted by Gasteiger charge is 2.14. The quantitative estimate of drug-likeness (QED) is 0.802. The number of rotatable bonds is 3. The minimum atomic E-state index is -0.192. The second-order valence-electron chi connectivity index (χ2n) is 3.22. The molecule has 82 valence electrons. The summed E-state index contributed by atoms with van der Waals surface area (Å²) in [6.45, 7) is 2.83. The molecule has 0 bridgehead atoms. The standard InChI is InChI=1S/C8H17FN2.2ClH/c9-4-1-5-11-6-2-8(10)3-7-11;;/h8H,1-7,10H2;2*1H. The van der Waals surface area contributed by atoms with Gasteiger partial charge in [-0.2, -0.15) is 0 Å². The maximum atomic E-state index is 11.8. The van der Waals surface area contributed by atoms with Crippen molar-refractivity contribution in [3.63, 3.8) is 0 Å². The Morgan fingerprint density at radius 3 is 2.23 bits per heavy atom. The molecule has 0 amide bonds. The monoisotopic (exact) mass is 232 g/mol. The number of likely N-dealkylation sites (tertiary alicyclic amines) is 1. The number of hydrogen-bond donors (Lipinski definition) is 1. The molecule has 0 unspecified atom stereocenters. The van der Waals surface area contributed by atoms with Gasteiger partial charge in [0.1, 0.15) is 0 Å². The molecule has 0 aromatic rings. The first kappa shape index (κ1) is 15.9. The average Bonchev–Trinajstić information content (AvgIpc) is 2.04. The molecule has 1 heterocycles. The first-order chi connectivity index (χ1) is 5.33. The second kappa shape index (κ2) is 9.00. The molecule has 0 spiro atoms. The fourth-order valence-electron chi connectivity index (χ4n) is 1.46. The summed E-state index contributed by atoms with van der Waals surface area (Å²) in [4.78, 5) is 2.29. The van der Waals surface area contributed by atoms with Crippen molar-refractivity contribution in [3.8, 4) is 0 Å². The van der Waals surface area contributed by atoms with Crippen LogP contribution in [0.5, 0.6) is 0 Å². The van der Waals surface area contributed by atoms with E-state index >= 15 is 0 Å². The highest BCUT2D eigenvalue weighted by Crippen LogP contribution is 2.07. The second-order valence-corrected chi connectivity index (χ2v) is 3.22. The zero-order valence-corrected chi connectivity index (χ0v) is 9.38. The van der Waals surface area contributed by atoms with Crippen molar-refractivity contribution < 1.29 is 4.39 Å². The molecule has 2 N–H and O–H groups in total. The number of alkyl halides is 1. The van der Waals surface area contributed by atoms with Crippen molar-refractivity contribution in [2.75, 3.05) is 26.3 Å². The van der Waals surface area contributed by atoms with Crippen LogP contribution in [0, 0.1) is 0 Å². The summed E-state index contributed by atoms with van der Waals surface area (Å²) in [7, 11) is 0. The summed E-state index contributed by atoms with van der Waals surface area (Å²) < 4.78 is 11.8. The molecule has 1 fully saturated rings. The Balaban J connectivity index is 0. The van der Waals surface area contributed by atoms with Crippen LogP contribution in [-0.4, -0.2) is 37.3 Å². The van der Waals surface area contributed by atoms with E-state index in [1.165, 1.54) is 0 Å². The van der Waals surface area contributed by atoms with E-state index in [-0.39, 0.29) is 31.5 Å². The van der Waals surface area contributed by atoms with Crippen LogP contribution in [0.3, 0.4) is 0 Å². The normalized spacial score (nSPS) is 18.9. The molecule has 0 aliphatic carbocycles. The van der Waals surface area contributed by atoms with Crippen molar-refractivity contribution in [1.82, 2.24) is 4.90 Å². The molecule has 13 heavy (non-hydrogen) atoms. The predicted octanol–water partition coefficient (Wildman–Crippen LogP) is 1.61. The van der Waals surface area contributed by atoms with Crippen LogP contribution in [0.15, 0.2) is 0 Å². The first-order valence-corrected chi connectivity index (χ1v) is 4.37. The summed E-state index contributed by atoms with van der Waals surface area (Å²) in [5.41, 5.74) is 5.72. The number of piperidine rings is 1. The van der Waals surface area contributed by atoms with Gasteiger partial charge in [0, 0.05) is 12.6 Å². The third kappa shape index (κ3) is 6.49. The van der Waals surface area contributed by atoms with E-state index in [1.54, 1.807) is 0 Å². The maximum absolute atomic E-state index is 11.8. The zero-order valence-electron chi connectivity index (χ0n) is 7.75. The average molecular weight is 233 g/mol. The van der Waals surface area contributed by atoms with Crippen LogP contribution < -0.4 is 5.73 Å². The van der Waals surface area contributed by atoms with Crippen molar-refractivity contribution in [1.29, 1.82) is 0 Å². The molecule has 1 aliphatic heterocycles. The minimum Gasteiger partial charge on any atom is -0.328 e. The molecule has 0 aromatic heterocycles. The lowest BCUT2D eigenvalue weighted by atomic mass is 10.1. The van der Waals surface area contributed by atoms with E-state index in [0.717, 1.165) is 32.5 Å². The largest absolute Gasteiger partial charge is 0.328 e. The summed E-state index contributed by atoms with van der Waals surface area (Å²) >= 11 is 0. The molecule has 5 heteroatoms. The Kier molecular flexibility index (Phi) is 11.0. The van der Waals surface area contributed by atoms with Crippen molar-refractivity contribution >= 4 is 24.8 Å². The maximum Gasteiger partial charge on any atom is 0.0906 e. The van der Waals surface area contributed by atoms with E-state index in [0.29, 0.717) is 12.5 Å². The summed E-state index contributed by atoms with van der Waals surface area (Å²) in [5, 5.41) is 0. The molecular formula is C8H19Cl2FN2. The lowest BCUT2D eigenvalue weighted by Gasteiger charge is -2.29. The SMILES string of the molecule is Cl.Cl.NC1CCN(CCCF)CC1. The highest BCUT2D eigenvalue weighted by atomic mass is 35.5. The van der Waals surface area contributed by atoms with Crippen LogP contribution in [0.1, 0.15) is 19.3 Å². The van der Waals surface area contributed by atoms with E-state index in [9.17, 15) is 4.39 Å². The van der Waals surface area contributed by atoms with Gasteiger partial charge in [-0.25, -0.2) is 0 Å². The molecule has 0 saturated carbocycles. The molecule has 0 radical (unpaired) electrons. The molecular weight excluding hydrogens is 214 g/mol. The van der Waals surface area contributed by atoms with Crippen LogP contribution >= 0.6 is 24.8 Å². The smallest absolute Gasteiger partial charge is 0.0906 e. The van der Waals surface area contributed by atoms with Gasteiger partial charge in [0.05, 0.1) is 6.67 Å². The van der Waals surface area contributed by atoms with Crippen LogP contribution in [0.2, 0.25) is 0 Å². The van der Waals surface area contributed by atoms with E-state index in [2.05, 4.69) is 4.90 Å². The Morgan fingerprint density at radius 2 is 1.77 bits per heavy atom. The Bertz CT molecular complexity index is 106. The third-order valence-corrected chi connectivity index (χ3v) is 2.24. The van der Waals surface area contributed by atoms with E-state index < -0.39 is 0 Å². The Hall–Kier alpha value is 0.430. The zero-order chi connectivity index (χ0) is 8.10. The van der Waals surface area contributed by atoms with Gasteiger partial charge in [-0.15, -0.1) is 24.8 Å². The van der Waals surface area contributed by atoms with Gasteiger partial charge in [0.2, 0.25) is 0 Å². The van der Waals surface area contributed by atoms with Crippen molar-refractivity contribution in [2.45, 2.75) is 25.3 Å². The molecule has 0 aromatic carbocycles.